The zero-order valence-corrected chi connectivity index (χ0v) is 14.1. The van der Waals surface area contributed by atoms with Crippen LogP contribution in [0.25, 0.3) is 21.9 Å². The number of nitrogens with two attached hydrogens (primary N) is 1. The number of aromatic nitrogens is 2. The van der Waals surface area contributed by atoms with Crippen LogP contribution in [-0.4, -0.2) is 22.4 Å². The third-order valence-corrected chi connectivity index (χ3v) is 4.07. The van der Waals surface area contributed by atoms with Gasteiger partial charge in [0.05, 0.1) is 5.69 Å². The van der Waals surface area contributed by atoms with Crippen LogP contribution in [0.1, 0.15) is 29.5 Å². The number of amides is 1. The van der Waals surface area contributed by atoms with E-state index >= 15 is 0 Å². The number of aryl methyl sites for hydroxylation is 1. The maximum Gasteiger partial charge on any atom is 0.272 e. The minimum Gasteiger partial charge on any atom is -0.396 e. The number of nitrogens with zero attached hydrogens (tertiary/aromatic N) is 2. The molecule has 3 rings (SSSR count). The van der Waals surface area contributed by atoms with Crippen LogP contribution < -0.4 is 11.1 Å². The molecule has 3 N–H and O–H groups in total. The predicted molar refractivity (Wildman–Crippen MR) is 96.7 cm³/mol. The average molecular weight is 338 g/mol. The normalized spacial score (nSPS) is 10.8. The number of hydrogen-bond acceptors (Lipinski definition) is 4. The van der Waals surface area contributed by atoms with Crippen molar-refractivity contribution in [3.8, 4) is 11.1 Å². The minimum atomic E-state index is -0.519. The first-order valence-corrected chi connectivity index (χ1v) is 8.11. The molecule has 0 atom stereocenters. The fourth-order valence-corrected chi connectivity index (χ4v) is 2.82. The largest absolute Gasteiger partial charge is 0.396 e. The van der Waals surface area contributed by atoms with Gasteiger partial charge in [-0.15, -0.1) is 0 Å². The van der Waals surface area contributed by atoms with Crippen LogP contribution in [0.2, 0.25) is 0 Å². The highest BCUT2D eigenvalue weighted by molar-refractivity contribution is 6.09. The number of nitrogens with one attached hydrogen (secondary N) is 1. The Morgan fingerprint density at radius 2 is 2.00 bits per heavy atom. The second-order valence-corrected chi connectivity index (χ2v) is 5.81. The summed E-state index contributed by atoms with van der Waals surface area (Å²) in [6.45, 7) is 4.29. The second-order valence-electron chi connectivity index (χ2n) is 5.81. The van der Waals surface area contributed by atoms with Crippen LogP contribution in [0.5, 0.6) is 0 Å². The van der Waals surface area contributed by atoms with E-state index in [4.69, 9.17) is 5.73 Å². The summed E-state index contributed by atoms with van der Waals surface area (Å²) in [6, 6.07) is 8.61. The Hall–Kier alpha value is -3.02. The summed E-state index contributed by atoms with van der Waals surface area (Å²) in [7, 11) is 0. The molecular formula is C19H19FN4O. The zero-order valence-electron chi connectivity index (χ0n) is 14.1. The molecule has 0 aliphatic heterocycles. The summed E-state index contributed by atoms with van der Waals surface area (Å²) in [4.78, 5) is 20.3. The van der Waals surface area contributed by atoms with Crippen molar-refractivity contribution in [2.24, 2.45) is 0 Å². The van der Waals surface area contributed by atoms with Crippen molar-refractivity contribution >= 4 is 22.4 Å². The van der Waals surface area contributed by atoms with Crippen molar-refractivity contribution in [3.05, 3.63) is 53.9 Å². The van der Waals surface area contributed by atoms with Crippen LogP contribution in [0.15, 0.2) is 36.5 Å². The number of fused-ring (bicyclic) bond motifs is 1. The molecule has 2 aromatic heterocycles. The van der Waals surface area contributed by atoms with E-state index in [-0.39, 0.29) is 11.6 Å². The number of rotatable bonds is 4. The van der Waals surface area contributed by atoms with E-state index in [9.17, 15) is 9.18 Å². The molecule has 6 heteroatoms. The van der Waals surface area contributed by atoms with Gasteiger partial charge < -0.3 is 11.1 Å². The van der Waals surface area contributed by atoms with E-state index in [1.807, 2.05) is 25.1 Å². The first-order chi connectivity index (χ1) is 12.0. The van der Waals surface area contributed by atoms with E-state index < -0.39 is 5.95 Å². The van der Waals surface area contributed by atoms with Gasteiger partial charge in [0.1, 0.15) is 0 Å². The molecular weight excluding hydrogens is 319 g/mol. The second kappa shape index (κ2) is 6.84. The van der Waals surface area contributed by atoms with Crippen LogP contribution in [-0.2, 0) is 0 Å². The number of pyridine rings is 2. The third kappa shape index (κ3) is 3.15. The Morgan fingerprint density at radius 1 is 1.20 bits per heavy atom. The maximum absolute atomic E-state index is 13.3. The Labute approximate surface area is 145 Å². The predicted octanol–water partition coefficient (Wildman–Crippen LogP) is 3.47. The first kappa shape index (κ1) is 16.8. The molecule has 128 valence electrons. The van der Waals surface area contributed by atoms with Gasteiger partial charge in [-0.05, 0) is 31.0 Å². The lowest BCUT2D eigenvalue weighted by Crippen LogP contribution is -2.26. The molecule has 0 spiro atoms. The standard InChI is InChI=1S/C19H19FN4O/c1-3-9-22-19(25)18-17(21)14-6-4-5-13(15(14)10-23-18)12-7-8-16(20)24-11(12)2/h4-8,10H,3,9,21H2,1-2H3,(H,22,25). The van der Waals surface area contributed by atoms with Crippen LogP contribution >= 0.6 is 0 Å². The monoisotopic (exact) mass is 338 g/mol. The number of hydrogen-bond donors (Lipinski definition) is 2. The average Bonchev–Trinajstić information content (AvgIpc) is 2.60. The van der Waals surface area contributed by atoms with Gasteiger partial charge in [0.15, 0.2) is 5.69 Å². The van der Waals surface area contributed by atoms with Crippen molar-refractivity contribution in [1.82, 2.24) is 15.3 Å². The SMILES string of the molecule is CCCNC(=O)c1ncc2c(-c3ccc(F)nc3C)cccc2c1N. The molecule has 5 nitrogen and oxygen atoms in total. The van der Waals surface area contributed by atoms with Crippen molar-refractivity contribution in [2.75, 3.05) is 12.3 Å². The van der Waals surface area contributed by atoms with Crippen LogP contribution in [0, 0.1) is 12.9 Å². The molecule has 0 unspecified atom stereocenters. The summed E-state index contributed by atoms with van der Waals surface area (Å²) < 4.78 is 13.3. The molecule has 25 heavy (non-hydrogen) atoms. The zero-order chi connectivity index (χ0) is 18.0. The van der Waals surface area contributed by atoms with E-state index in [0.717, 1.165) is 28.3 Å². The highest BCUT2D eigenvalue weighted by atomic mass is 19.1. The summed E-state index contributed by atoms with van der Waals surface area (Å²) in [5, 5.41) is 4.31. The van der Waals surface area contributed by atoms with Gasteiger partial charge in [0.2, 0.25) is 5.95 Å². The van der Waals surface area contributed by atoms with Crippen LogP contribution in [0.3, 0.4) is 0 Å². The van der Waals surface area contributed by atoms with Gasteiger partial charge >= 0.3 is 0 Å². The molecule has 0 bridgehead atoms. The highest BCUT2D eigenvalue weighted by Gasteiger charge is 2.16. The van der Waals surface area contributed by atoms with Gasteiger partial charge in [-0.2, -0.15) is 4.39 Å². The van der Waals surface area contributed by atoms with E-state index in [0.29, 0.717) is 17.9 Å². The van der Waals surface area contributed by atoms with Gasteiger partial charge in [-0.3, -0.25) is 4.79 Å². The Balaban J connectivity index is 2.14. The molecule has 0 aliphatic rings. The lowest BCUT2D eigenvalue weighted by atomic mass is 9.97. The summed E-state index contributed by atoms with van der Waals surface area (Å²) >= 11 is 0. The number of halogens is 1. The Bertz CT molecular complexity index is 956. The van der Waals surface area contributed by atoms with Gasteiger partial charge in [-0.1, -0.05) is 25.1 Å². The van der Waals surface area contributed by atoms with E-state index in [1.165, 1.54) is 6.07 Å². The molecule has 0 fully saturated rings. The molecule has 3 aromatic rings. The minimum absolute atomic E-state index is 0.215. The summed E-state index contributed by atoms with van der Waals surface area (Å²) in [5.74, 6) is -0.805. The Kier molecular flexibility index (Phi) is 4.61. The molecule has 2 heterocycles. The van der Waals surface area contributed by atoms with Gasteiger partial charge in [0, 0.05) is 34.8 Å². The van der Waals surface area contributed by atoms with Gasteiger partial charge in [0.25, 0.3) is 5.91 Å². The van der Waals surface area contributed by atoms with Crippen LogP contribution in [0.4, 0.5) is 10.1 Å². The topological polar surface area (TPSA) is 80.9 Å². The summed E-state index contributed by atoms with van der Waals surface area (Å²) in [5.41, 5.74) is 8.98. The molecule has 1 aromatic carbocycles. The number of carbonyl (C=O) groups excluding carboxylic acids is 1. The fraction of sp³-hybridized carbons (Fsp3) is 0.211. The molecule has 0 saturated heterocycles. The Morgan fingerprint density at radius 3 is 2.72 bits per heavy atom. The van der Waals surface area contributed by atoms with Crippen molar-refractivity contribution in [2.45, 2.75) is 20.3 Å². The smallest absolute Gasteiger partial charge is 0.272 e. The quantitative estimate of drug-likeness (QED) is 0.714. The maximum atomic E-state index is 13.3. The number of nitrogen functional groups attached to an aromatic ring is 1. The van der Waals surface area contributed by atoms with Gasteiger partial charge in [-0.25, -0.2) is 9.97 Å². The molecule has 0 saturated carbocycles. The van der Waals surface area contributed by atoms with E-state index in [2.05, 4.69) is 15.3 Å². The highest BCUT2D eigenvalue weighted by Crippen LogP contribution is 2.33. The summed E-state index contributed by atoms with van der Waals surface area (Å²) in [6.07, 6.45) is 2.46. The van der Waals surface area contributed by atoms with Crippen molar-refractivity contribution in [3.63, 3.8) is 0 Å². The fourth-order valence-electron chi connectivity index (χ4n) is 2.82. The lowest BCUT2D eigenvalue weighted by molar-refractivity contribution is 0.0950. The first-order valence-electron chi connectivity index (χ1n) is 8.11. The molecule has 1 amide bonds. The molecule has 0 radical (unpaired) electrons. The molecule has 0 aliphatic carbocycles. The number of anilines is 1. The van der Waals surface area contributed by atoms with Crippen molar-refractivity contribution in [1.29, 1.82) is 0 Å². The lowest BCUT2D eigenvalue weighted by Gasteiger charge is -2.12. The number of benzene rings is 1. The van der Waals surface area contributed by atoms with E-state index in [1.54, 1.807) is 19.2 Å². The third-order valence-electron chi connectivity index (χ3n) is 4.07. The number of carbonyl (C=O) groups is 1. The van der Waals surface area contributed by atoms with Crippen molar-refractivity contribution < 1.29 is 9.18 Å².